The van der Waals surface area contributed by atoms with Crippen molar-refractivity contribution in [2.24, 2.45) is 0 Å². The van der Waals surface area contributed by atoms with Gasteiger partial charge in [0.2, 0.25) is 0 Å². The summed E-state index contributed by atoms with van der Waals surface area (Å²) in [6.45, 7) is 1.24. The number of nitrogens with zero attached hydrogens (tertiary/aromatic N) is 1. The topological polar surface area (TPSA) is 32.3 Å². The van der Waals surface area contributed by atoms with E-state index in [1.165, 1.54) is 11.0 Å². The smallest absolute Gasteiger partial charge is 0.337 e. The molecule has 3 rings (SSSR count). The van der Waals surface area contributed by atoms with Gasteiger partial charge in [0.1, 0.15) is 0 Å². The number of carbonyl (C=O) groups excluding carboxylic acids is 1. The molecular weight excluding hydrogens is 293 g/mol. The van der Waals surface area contributed by atoms with Crippen LogP contribution in [0.1, 0.15) is 27.4 Å². The summed E-state index contributed by atoms with van der Waals surface area (Å²) in [7, 11) is 1.57. The Morgan fingerprint density at radius 3 is 2.65 bits per heavy atom. The largest absolute Gasteiger partial charge is 0.417 e. The molecule has 0 bridgehead atoms. The maximum Gasteiger partial charge on any atom is 0.417 e. The first-order chi connectivity index (χ1) is 8.91. The SMILES string of the molecule is CN1C(=O)c2c(cccc2C(F)(F)F)[C@H]2CNC[C@@H]21.Cl. The van der Waals surface area contributed by atoms with E-state index in [4.69, 9.17) is 0 Å². The summed E-state index contributed by atoms with van der Waals surface area (Å²) in [5, 5.41) is 3.14. The molecule has 1 N–H and O–H groups in total. The van der Waals surface area contributed by atoms with Crippen LogP contribution in [0.15, 0.2) is 18.2 Å². The number of hydrogen-bond acceptors (Lipinski definition) is 2. The highest BCUT2D eigenvalue weighted by Gasteiger charge is 2.45. The third kappa shape index (κ3) is 2.07. The fraction of sp³-hybridized carbons (Fsp3) is 0.462. The van der Waals surface area contributed by atoms with Gasteiger partial charge in [0.15, 0.2) is 0 Å². The van der Waals surface area contributed by atoms with E-state index < -0.39 is 17.6 Å². The predicted octanol–water partition coefficient (Wildman–Crippen LogP) is 2.27. The van der Waals surface area contributed by atoms with E-state index in [0.29, 0.717) is 18.7 Å². The molecule has 1 fully saturated rings. The summed E-state index contributed by atoms with van der Waals surface area (Å²) < 4.78 is 39.1. The lowest BCUT2D eigenvalue weighted by Gasteiger charge is -2.36. The van der Waals surface area contributed by atoms with Gasteiger partial charge in [-0.05, 0) is 11.6 Å². The van der Waals surface area contributed by atoms with Crippen molar-refractivity contribution in [1.29, 1.82) is 0 Å². The van der Waals surface area contributed by atoms with Crippen LogP contribution in [0.5, 0.6) is 0 Å². The number of alkyl halides is 3. The Balaban J connectivity index is 0.00000147. The zero-order valence-electron chi connectivity index (χ0n) is 10.7. The van der Waals surface area contributed by atoms with Gasteiger partial charge in [0.25, 0.3) is 5.91 Å². The zero-order valence-corrected chi connectivity index (χ0v) is 11.5. The highest BCUT2D eigenvalue weighted by atomic mass is 35.5. The van der Waals surface area contributed by atoms with Crippen molar-refractivity contribution in [3.63, 3.8) is 0 Å². The van der Waals surface area contributed by atoms with E-state index in [1.807, 2.05) is 0 Å². The van der Waals surface area contributed by atoms with Crippen LogP contribution in [0.3, 0.4) is 0 Å². The van der Waals surface area contributed by atoms with E-state index in [-0.39, 0.29) is 29.9 Å². The first-order valence-electron chi connectivity index (χ1n) is 6.09. The van der Waals surface area contributed by atoms with Crippen molar-refractivity contribution >= 4 is 18.3 Å². The second kappa shape index (κ2) is 4.93. The molecule has 0 aliphatic carbocycles. The first kappa shape index (κ1) is 15.1. The average Bonchev–Trinajstić information content (AvgIpc) is 2.83. The molecule has 0 saturated carbocycles. The van der Waals surface area contributed by atoms with E-state index in [0.717, 1.165) is 6.07 Å². The summed E-state index contributed by atoms with van der Waals surface area (Å²) in [4.78, 5) is 13.7. The van der Waals surface area contributed by atoms with Gasteiger partial charge < -0.3 is 10.2 Å². The summed E-state index contributed by atoms with van der Waals surface area (Å²) in [5.41, 5.74) is -0.484. The monoisotopic (exact) mass is 306 g/mol. The van der Waals surface area contributed by atoms with Crippen molar-refractivity contribution in [2.75, 3.05) is 20.1 Å². The molecule has 0 aromatic heterocycles. The van der Waals surface area contributed by atoms with Gasteiger partial charge >= 0.3 is 6.18 Å². The van der Waals surface area contributed by atoms with Crippen molar-refractivity contribution in [3.05, 3.63) is 34.9 Å². The standard InChI is InChI=1S/C13H13F3N2O.ClH/c1-18-10-6-17-5-8(10)7-3-2-4-9(13(14,15)16)11(7)12(18)19;/h2-4,8,10,17H,5-6H2,1H3;1H/t8-,10+;/m1./s1. The second-order valence-corrected chi connectivity index (χ2v) is 5.02. The van der Waals surface area contributed by atoms with E-state index in [2.05, 4.69) is 5.32 Å². The Hall–Kier alpha value is -1.27. The minimum Gasteiger partial charge on any atom is -0.337 e. The first-order valence-corrected chi connectivity index (χ1v) is 6.09. The van der Waals surface area contributed by atoms with Crippen LogP contribution in [-0.2, 0) is 6.18 Å². The van der Waals surface area contributed by atoms with Crippen LogP contribution in [0.25, 0.3) is 0 Å². The maximum atomic E-state index is 13.0. The Morgan fingerprint density at radius 2 is 2.00 bits per heavy atom. The van der Waals surface area contributed by atoms with Crippen molar-refractivity contribution in [3.8, 4) is 0 Å². The third-order valence-electron chi connectivity index (χ3n) is 4.02. The van der Waals surface area contributed by atoms with Gasteiger partial charge in [-0.25, -0.2) is 0 Å². The molecule has 1 saturated heterocycles. The number of nitrogens with one attached hydrogen (secondary N) is 1. The molecule has 1 aromatic carbocycles. The molecule has 0 unspecified atom stereocenters. The number of halogens is 4. The van der Waals surface area contributed by atoms with Gasteiger partial charge in [-0.1, -0.05) is 12.1 Å². The molecule has 2 atom stereocenters. The lowest BCUT2D eigenvalue weighted by atomic mass is 9.83. The number of rotatable bonds is 0. The Labute approximate surface area is 120 Å². The van der Waals surface area contributed by atoms with E-state index in [1.54, 1.807) is 13.1 Å². The fourth-order valence-corrected chi connectivity index (χ4v) is 3.07. The molecule has 1 amide bonds. The highest BCUT2D eigenvalue weighted by Crippen LogP contribution is 2.41. The molecule has 1 aromatic rings. The lowest BCUT2D eigenvalue weighted by molar-refractivity contribution is -0.138. The summed E-state index contributed by atoms with van der Waals surface area (Å²) in [6.07, 6.45) is -4.50. The minimum absolute atomic E-state index is 0. The molecule has 7 heteroatoms. The van der Waals surface area contributed by atoms with Crippen LogP contribution < -0.4 is 5.32 Å². The van der Waals surface area contributed by atoms with Crippen molar-refractivity contribution < 1.29 is 18.0 Å². The average molecular weight is 307 g/mol. The number of amides is 1. The minimum atomic E-state index is -4.50. The van der Waals surface area contributed by atoms with Crippen LogP contribution >= 0.6 is 12.4 Å². The number of benzene rings is 1. The van der Waals surface area contributed by atoms with Crippen LogP contribution in [-0.4, -0.2) is 37.0 Å². The molecule has 0 radical (unpaired) electrons. The van der Waals surface area contributed by atoms with Gasteiger partial charge in [0, 0.05) is 26.1 Å². The van der Waals surface area contributed by atoms with Gasteiger partial charge in [-0.15, -0.1) is 12.4 Å². The van der Waals surface area contributed by atoms with Gasteiger partial charge in [-0.3, -0.25) is 4.79 Å². The Kier molecular flexibility index (Phi) is 3.73. The normalized spacial score (nSPS) is 25.0. The number of likely N-dealkylation sites (N-methyl/N-ethyl adjacent to an activating group) is 1. The number of hydrogen-bond donors (Lipinski definition) is 1. The molecule has 2 heterocycles. The lowest BCUT2D eigenvalue weighted by Crippen LogP contribution is -2.46. The quantitative estimate of drug-likeness (QED) is 0.797. The Bertz CT molecular complexity index is 547. The number of fused-ring (bicyclic) bond motifs is 3. The fourth-order valence-electron chi connectivity index (χ4n) is 3.07. The molecule has 2 aliphatic rings. The van der Waals surface area contributed by atoms with Crippen LogP contribution in [0.2, 0.25) is 0 Å². The summed E-state index contributed by atoms with van der Waals surface area (Å²) >= 11 is 0. The van der Waals surface area contributed by atoms with Crippen molar-refractivity contribution in [1.82, 2.24) is 10.2 Å². The zero-order chi connectivity index (χ0) is 13.8. The summed E-state index contributed by atoms with van der Waals surface area (Å²) in [6, 6.07) is 3.95. The molecule has 0 spiro atoms. The second-order valence-electron chi connectivity index (χ2n) is 5.02. The van der Waals surface area contributed by atoms with Crippen LogP contribution in [0.4, 0.5) is 13.2 Å². The Morgan fingerprint density at radius 1 is 1.30 bits per heavy atom. The maximum absolute atomic E-state index is 13.0. The highest BCUT2D eigenvalue weighted by molar-refractivity contribution is 5.99. The van der Waals surface area contributed by atoms with Crippen LogP contribution in [0, 0.1) is 0 Å². The molecule has 2 aliphatic heterocycles. The molecular formula is C13H14ClF3N2O. The molecule has 20 heavy (non-hydrogen) atoms. The van der Waals surface area contributed by atoms with E-state index >= 15 is 0 Å². The van der Waals surface area contributed by atoms with Gasteiger partial charge in [-0.2, -0.15) is 13.2 Å². The number of carbonyl (C=O) groups is 1. The van der Waals surface area contributed by atoms with E-state index in [9.17, 15) is 18.0 Å². The van der Waals surface area contributed by atoms with Crippen molar-refractivity contribution in [2.45, 2.75) is 18.1 Å². The van der Waals surface area contributed by atoms with Gasteiger partial charge in [0.05, 0.1) is 17.2 Å². The predicted molar refractivity (Wildman–Crippen MR) is 70.2 cm³/mol. The summed E-state index contributed by atoms with van der Waals surface area (Å²) in [5.74, 6) is -0.590. The third-order valence-corrected chi connectivity index (χ3v) is 4.02. The molecule has 110 valence electrons. The molecule has 3 nitrogen and oxygen atoms in total.